The number of hydrogen-bond acceptors (Lipinski definition) is 3. The zero-order chi connectivity index (χ0) is 13.7. The lowest BCUT2D eigenvalue weighted by atomic mass is 10.1. The van der Waals surface area contributed by atoms with Crippen molar-refractivity contribution in [3.63, 3.8) is 0 Å². The van der Waals surface area contributed by atoms with E-state index in [9.17, 15) is 13.2 Å². The summed E-state index contributed by atoms with van der Waals surface area (Å²) in [7, 11) is -2.53. The van der Waals surface area contributed by atoms with Crippen molar-refractivity contribution >= 4 is 8.32 Å². The Labute approximate surface area is 100.0 Å². The summed E-state index contributed by atoms with van der Waals surface area (Å²) in [6.07, 6.45) is -3.32. The molecule has 0 aliphatic rings. The van der Waals surface area contributed by atoms with Gasteiger partial charge in [0.2, 0.25) is 0 Å². The van der Waals surface area contributed by atoms with Crippen molar-refractivity contribution in [1.82, 2.24) is 0 Å². The normalized spacial score (nSPS) is 16.6. The molecule has 0 heterocycles. The maximum atomic E-state index is 12.9. The maximum absolute atomic E-state index is 12.9. The Hall–Kier alpha value is -1.00. The van der Waals surface area contributed by atoms with Crippen LogP contribution in [0, 0.1) is 11.3 Å². The minimum Gasteiger partial charge on any atom is -0.502 e. The number of nitrogens with zero attached hydrogens (tertiary/aromatic N) is 1. The van der Waals surface area contributed by atoms with Crippen LogP contribution in [0.3, 0.4) is 0 Å². The third kappa shape index (κ3) is 4.79. The summed E-state index contributed by atoms with van der Waals surface area (Å²) >= 11 is 0. The van der Waals surface area contributed by atoms with Gasteiger partial charge in [0.15, 0.2) is 8.32 Å². The third-order valence-electron chi connectivity index (χ3n) is 1.62. The Morgan fingerprint density at radius 1 is 1.29 bits per heavy atom. The van der Waals surface area contributed by atoms with Crippen LogP contribution < -0.4 is 0 Å². The van der Waals surface area contributed by atoms with Crippen molar-refractivity contribution in [2.24, 2.45) is 0 Å². The Kier molecular flexibility index (Phi) is 5.23. The van der Waals surface area contributed by atoms with Gasteiger partial charge >= 0.3 is 6.18 Å². The molecule has 0 amide bonds. The summed E-state index contributed by atoms with van der Waals surface area (Å²) in [4.78, 5) is 0. The molecule has 1 atom stereocenters. The Balaban J connectivity index is 5.27. The predicted octanol–water partition coefficient (Wildman–Crippen LogP) is 3.21. The molecule has 1 unspecified atom stereocenters. The quantitative estimate of drug-likeness (QED) is 0.567. The van der Waals surface area contributed by atoms with Gasteiger partial charge in [-0.15, -0.1) is 0 Å². The fourth-order valence-electron chi connectivity index (χ4n) is 1.03. The molecule has 0 aromatic rings. The molecule has 0 radical (unpaired) electrons. The zero-order valence-electron chi connectivity index (χ0n) is 10.3. The highest BCUT2D eigenvalue weighted by atomic mass is 28.4. The molecule has 0 rings (SSSR count). The fourth-order valence-corrected chi connectivity index (χ4v) is 2.23. The van der Waals surface area contributed by atoms with Gasteiger partial charge in [-0.1, -0.05) is 0 Å². The molecular weight excluding hydrogens is 251 g/mol. The summed E-state index contributed by atoms with van der Waals surface area (Å²) in [6.45, 7) is 6.60. The average molecular weight is 267 g/mol. The highest BCUT2D eigenvalue weighted by Crippen LogP contribution is 2.36. The van der Waals surface area contributed by atoms with E-state index < -0.39 is 20.1 Å². The van der Waals surface area contributed by atoms with Crippen LogP contribution in [0.4, 0.5) is 13.2 Å². The molecule has 0 aromatic carbocycles. The maximum Gasteiger partial charge on any atom is 0.434 e. The van der Waals surface area contributed by atoms with Gasteiger partial charge < -0.3 is 9.16 Å². The van der Waals surface area contributed by atoms with E-state index in [-0.39, 0.29) is 6.61 Å². The molecule has 0 spiro atoms. The summed E-state index contributed by atoms with van der Waals surface area (Å²) in [6, 6.07) is 1.19. The number of ether oxygens (including phenoxy) is 1. The SMILES string of the molecule is CCOC=CC(C#N)(O[Si](C)(C)C)C(F)(F)F. The minimum absolute atomic E-state index is 0.225. The lowest BCUT2D eigenvalue weighted by molar-refractivity contribution is -0.211. The second kappa shape index (κ2) is 5.56. The molecule has 0 fully saturated rings. The van der Waals surface area contributed by atoms with Crippen LogP contribution in [0.25, 0.3) is 0 Å². The Morgan fingerprint density at radius 2 is 1.82 bits per heavy atom. The molecular formula is C10H16F3NO2Si. The standard InChI is InChI=1S/C10H16F3NO2Si/c1-5-15-7-6-9(8-14,10(11,12)13)16-17(2,3)4/h6-7H,5H2,1-4H3. The Morgan fingerprint density at radius 3 is 2.12 bits per heavy atom. The van der Waals surface area contributed by atoms with Crippen LogP contribution in [0.2, 0.25) is 19.6 Å². The first-order chi connectivity index (χ1) is 7.58. The van der Waals surface area contributed by atoms with E-state index in [1.54, 1.807) is 26.6 Å². The van der Waals surface area contributed by atoms with Gasteiger partial charge in [0.1, 0.15) is 6.07 Å². The van der Waals surface area contributed by atoms with Gasteiger partial charge in [-0.05, 0) is 26.6 Å². The molecule has 0 saturated carbocycles. The van der Waals surface area contributed by atoms with Crippen LogP contribution in [0.1, 0.15) is 6.92 Å². The summed E-state index contributed by atoms with van der Waals surface area (Å²) in [5.41, 5.74) is -2.92. The summed E-state index contributed by atoms with van der Waals surface area (Å²) < 4.78 is 48.4. The third-order valence-corrected chi connectivity index (χ3v) is 2.55. The number of nitriles is 1. The van der Waals surface area contributed by atoms with E-state index in [0.717, 1.165) is 6.26 Å². The first-order valence-corrected chi connectivity index (χ1v) is 8.46. The van der Waals surface area contributed by atoms with Crippen LogP contribution in [0.5, 0.6) is 0 Å². The minimum atomic E-state index is -4.80. The van der Waals surface area contributed by atoms with Crippen LogP contribution >= 0.6 is 0 Å². The van der Waals surface area contributed by atoms with Crippen molar-refractivity contribution in [2.45, 2.75) is 38.3 Å². The van der Waals surface area contributed by atoms with Crippen molar-refractivity contribution in [2.75, 3.05) is 6.61 Å². The smallest absolute Gasteiger partial charge is 0.434 e. The molecule has 98 valence electrons. The molecule has 0 aliphatic carbocycles. The number of alkyl halides is 3. The van der Waals surface area contributed by atoms with Crippen LogP contribution in [0.15, 0.2) is 12.3 Å². The molecule has 0 aromatic heterocycles. The van der Waals surface area contributed by atoms with Crippen LogP contribution in [-0.2, 0) is 9.16 Å². The highest BCUT2D eigenvalue weighted by Gasteiger charge is 2.57. The van der Waals surface area contributed by atoms with E-state index in [0.29, 0.717) is 6.08 Å². The van der Waals surface area contributed by atoms with Crippen LogP contribution in [-0.4, -0.2) is 26.7 Å². The van der Waals surface area contributed by atoms with Gasteiger partial charge in [0, 0.05) is 6.08 Å². The second-order valence-electron chi connectivity index (χ2n) is 4.32. The van der Waals surface area contributed by atoms with Crippen molar-refractivity contribution in [3.05, 3.63) is 12.3 Å². The van der Waals surface area contributed by atoms with E-state index >= 15 is 0 Å². The Bertz CT molecular complexity index is 317. The van der Waals surface area contributed by atoms with E-state index in [2.05, 4.69) is 0 Å². The topological polar surface area (TPSA) is 42.2 Å². The van der Waals surface area contributed by atoms with Gasteiger partial charge in [-0.25, -0.2) is 0 Å². The second-order valence-corrected chi connectivity index (χ2v) is 8.75. The van der Waals surface area contributed by atoms with Gasteiger partial charge in [-0.2, -0.15) is 18.4 Å². The van der Waals surface area contributed by atoms with Gasteiger partial charge in [-0.3, -0.25) is 0 Å². The van der Waals surface area contributed by atoms with E-state index in [1.807, 2.05) is 0 Å². The molecule has 7 heteroatoms. The largest absolute Gasteiger partial charge is 0.502 e. The number of rotatable bonds is 5. The monoisotopic (exact) mass is 267 g/mol. The molecule has 0 saturated heterocycles. The summed E-state index contributed by atoms with van der Waals surface area (Å²) in [5, 5.41) is 8.80. The number of hydrogen-bond donors (Lipinski definition) is 0. The molecule has 3 nitrogen and oxygen atoms in total. The van der Waals surface area contributed by atoms with E-state index in [4.69, 9.17) is 14.4 Å². The lowest BCUT2D eigenvalue weighted by Crippen LogP contribution is -2.50. The molecule has 0 bridgehead atoms. The van der Waals surface area contributed by atoms with Gasteiger partial charge in [0.25, 0.3) is 5.60 Å². The van der Waals surface area contributed by atoms with Crippen molar-refractivity contribution in [1.29, 1.82) is 5.26 Å². The zero-order valence-corrected chi connectivity index (χ0v) is 11.3. The molecule has 0 N–H and O–H groups in total. The molecule has 17 heavy (non-hydrogen) atoms. The first-order valence-electron chi connectivity index (χ1n) is 5.05. The number of halogens is 3. The molecule has 0 aliphatic heterocycles. The fraction of sp³-hybridized carbons (Fsp3) is 0.700. The van der Waals surface area contributed by atoms with Crippen molar-refractivity contribution in [3.8, 4) is 6.07 Å². The van der Waals surface area contributed by atoms with Gasteiger partial charge in [0.05, 0.1) is 12.9 Å². The first kappa shape index (κ1) is 16.0. The van der Waals surface area contributed by atoms with Crippen molar-refractivity contribution < 1.29 is 22.3 Å². The predicted molar refractivity (Wildman–Crippen MR) is 59.6 cm³/mol. The average Bonchev–Trinajstić information content (AvgIpc) is 2.12. The van der Waals surface area contributed by atoms with E-state index in [1.165, 1.54) is 6.07 Å². The summed E-state index contributed by atoms with van der Waals surface area (Å²) in [5.74, 6) is 0. The highest BCUT2D eigenvalue weighted by molar-refractivity contribution is 6.69. The lowest BCUT2D eigenvalue weighted by Gasteiger charge is -2.32.